The van der Waals surface area contributed by atoms with Crippen LogP contribution in [0.25, 0.3) is 0 Å². The molecule has 4 heteroatoms. The van der Waals surface area contributed by atoms with E-state index in [9.17, 15) is 0 Å². The Hall–Kier alpha value is -0.380. The molecule has 1 saturated heterocycles. The van der Waals surface area contributed by atoms with Gasteiger partial charge in [-0.25, -0.2) is 0 Å². The van der Waals surface area contributed by atoms with Gasteiger partial charge in [0.2, 0.25) is 0 Å². The largest absolute Gasteiger partial charge is 0.399 e. The predicted molar refractivity (Wildman–Crippen MR) is 86.5 cm³/mol. The van der Waals surface area contributed by atoms with E-state index in [0.717, 1.165) is 28.6 Å². The third-order valence-electron chi connectivity index (χ3n) is 4.46. The Morgan fingerprint density at radius 2 is 2.05 bits per heavy atom. The van der Waals surface area contributed by atoms with E-state index in [0.29, 0.717) is 5.25 Å². The fraction of sp³-hybridized carbons (Fsp3) is 0.625. The molecule has 3 rings (SSSR count). The summed E-state index contributed by atoms with van der Waals surface area (Å²) in [6.07, 6.45) is 8.76. The van der Waals surface area contributed by atoms with Crippen LogP contribution in [0, 0.1) is 0 Å². The van der Waals surface area contributed by atoms with Crippen molar-refractivity contribution >= 4 is 29.1 Å². The van der Waals surface area contributed by atoms with E-state index in [2.05, 4.69) is 0 Å². The zero-order valence-corrected chi connectivity index (χ0v) is 13.3. The van der Waals surface area contributed by atoms with Crippen molar-refractivity contribution in [3.05, 3.63) is 23.2 Å². The van der Waals surface area contributed by atoms with Crippen LogP contribution < -0.4 is 5.73 Å². The highest BCUT2D eigenvalue weighted by Crippen LogP contribution is 2.44. The minimum atomic E-state index is 0.161. The summed E-state index contributed by atoms with van der Waals surface area (Å²) in [5.41, 5.74) is 6.65. The average molecular weight is 312 g/mol. The summed E-state index contributed by atoms with van der Waals surface area (Å²) in [7, 11) is 0. The van der Waals surface area contributed by atoms with Crippen LogP contribution in [0.3, 0.4) is 0 Å². The van der Waals surface area contributed by atoms with Crippen LogP contribution in [0.15, 0.2) is 23.1 Å². The van der Waals surface area contributed by atoms with Gasteiger partial charge in [0.1, 0.15) is 0 Å². The van der Waals surface area contributed by atoms with E-state index in [-0.39, 0.29) is 5.60 Å². The van der Waals surface area contributed by atoms with Crippen LogP contribution in [0.4, 0.5) is 5.69 Å². The first-order chi connectivity index (χ1) is 9.67. The van der Waals surface area contributed by atoms with Crippen molar-refractivity contribution in [1.29, 1.82) is 0 Å². The SMILES string of the molecule is Nc1ccc(SC2CCOC3(CCCCC3)C2)c(Cl)c1. The van der Waals surface area contributed by atoms with Gasteiger partial charge in [-0.1, -0.05) is 30.9 Å². The number of hydrogen-bond donors (Lipinski definition) is 1. The van der Waals surface area contributed by atoms with Gasteiger partial charge >= 0.3 is 0 Å². The standard InChI is InChI=1S/C16H22ClNOS/c17-14-10-12(18)4-5-15(14)20-13-6-9-19-16(11-13)7-2-1-3-8-16/h4-5,10,13H,1-3,6-9,11,18H2. The van der Waals surface area contributed by atoms with Gasteiger partial charge in [-0.05, 0) is 43.9 Å². The Morgan fingerprint density at radius 3 is 2.80 bits per heavy atom. The van der Waals surface area contributed by atoms with Crippen molar-refractivity contribution in [1.82, 2.24) is 0 Å². The number of ether oxygens (including phenoxy) is 1. The number of nitrogens with two attached hydrogens (primary N) is 1. The summed E-state index contributed by atoms with van der Waals surface area (Å²) in [4.78, 5) is 1.15. The highest BCUT2D eigenvalue weighted by Gasteiger charge is 2.38. The molecule has 0 bridgehead atoms. The summed E-state index contributed by atoms with van der Waals surface area (Å²) >= 11 is 8.19. The fourth-order valence-electron chi connectivity index (χ4n) is 3.42. The number of hydrogen-bond acceptors (Lipinski definition) is 3. The molecular formula is C16H22ClNOS. The Kier molecular flexibility index (Phi) is 4.49. The molecule has 1 spiro atoms. The van der Waals surface area contributed by atoms with Crippen LogP contribution in [-0.4, -0.2) is 17.5 Å². The Labute approximate surface area is 130 Å². The van der Waals surface area contributed by atoms with Gasteiger partial charge in [0.25, 0.3) is 0 Å². The number of benzene rings is 1. The topological polar surface area (TPSA) is 35.2 Å². The minimum absolute atomic E-state index is 0.161. The summed E-state index contributed by atoms with van der Waals surface area (Å²) in [6, 6.07) is 5.83. The molecule has 1 aliphatic carbocycles. The lowest BCUT2D eigenvalue weighted by Gasteiger charge is -2.43. The van der Waals surface area contributed by atoms with Crippen LogP contribution >= 0.6 is 23.4 Å². The quantitative estimate of drug-likeness (QED) is 0.789. The lowest BCUT2D eigenvalue weighted by atomic mass is 9.80. The Balaban J connectivity index is 1.68. The average Bonchev–Trinajstić information content (AvgIpc) is 2.43. The zero-order chi connectivity index (χ0) is 14.0. The second-order valence-electron chi connectivity index (χ2n) is 6.01. The van der Waals surface area contributed by atoms with Crippen molar-refractivity contribution in [2.45, 2.75) is 60.7 Å². The highest BCUT2D eigenvalue weighted by molar-refractivity contribution is 8.00. The molecule has 0 radical (unpaired) electrons. The van der Waals surface area contributed by atoms with Gasteiger partial charge in [-0.3, -0.25) is 0 Å². The van der Waals surface area contributed by atoms with E-state index < -0.39 is 0 Å². The van der Waals surface area contributed by atoms with E-state index in [1.165, 1.54) is 38.5 Å². The first-order valence-corrected chi connectivity index (χ1v) is 8.78. The fourth-order valence-corrected chi connectivity index (χ4v) is 5.02. The first-order valence-electron chi connectivity index (χ1n) is 7.53. The van der Waals surface area contributed by atoms with Gasteiger partial charge < -0.3 is 10.5 Å². The molecule has 1 atom stereocenters. The maximum Gasteiger partial charge on any atom is 0.0693 e. The summed E-state index contributed by atoms with van der Waals surface area (Å²) in [5.74, 6) is 0. The molecule has 20 heavy (non-hydrogen) atoms. The Bertz CT molecular complexity index is 468. The molecular weight excluding hydrogens is 290 g/mol. The molecule has 1 aromatic rings. The van der Waals surface area contributed by atoms with Gasteiger partial charge in [0.15, 0.2) is 0 Å². The smallest absolute Gasteiger partial charge is 0.0693 e. The molecule has 2 fully saturated rings. The molecule has 2 aliphatic rings. The van der Waals surface area contributed by atoms with E-state index in [4.69, 9.17) is 22.1 Å². The number of thioether (sulfide) groups is 1. The number of anilines is 1. The second kappa shape index (κ2) is 6.17. The monoisotopic (exact) mass is 311 g/mol. The van der Waals surface area contributed by atoms with E-state index >= 15 is 0 Å². The van der Waals surface area contributed by atoms with E-state index in [1.54, 1.807) is 0 Å². The molecule has 110 valence electrons. The van der Waals surface area contributed by atoms with Crippen LogP contribution in [0.1, 0.15) is 44.9 Å². The highest BCUT2D eigenvalue weighted by atomic mass is 35.5. The minimum Gasteiger partial charge on any atom is -0.399 e. The van der Waals surface area contributed by atoms with Gasteiger partial charge in [0, 0.05) is 22.4 Å². The molecule has 1 aromatic carbocycles. The summed E-state index contributed by atoms with van der Waals surface area (Å²) in [6.45, 7) is 0.893. The molecule has 2 nitrogen and oxygen atoms in total. The molecule has 1 unspecified atom stereocenters. The molecule has 0 amide bonds. The first kappa shape index (κ1) is 14.6. The normalized spacial score (nSPS) is 25.8. The number of rotatable bonds is 2. The summed E-state index contributed by atoms with van der Waals surface area (Å²) < 4.78 is 6.16. The van der Waals surface area contributed by atoms with Crippen molar-refractivity contribution in [3.8, 4) is 0 Å². The van der Waals surface area contributed by atoms with Gasteiger partial charge in [-0.2, -0.15) is 0 Å². The van der Waals surface area contributed by atoms with Crippen LogP contribution in [0.5, 0.6) is 0 Å². The van der Waals surface area contributed by atoms with E-state index in [1.807, 2.05) is 30.0 Å². The maximum atomic E-state index is 6.29. The molecule has 2 N–H and O–H groups in total. The summed E-state index contributed by atoms with van der Waals surface area (Å²) in [5, 5.41) is 1.39. The lowest BCUT2D eigenvalue weighted by molar-refractivity contribution is -0.0970. The van der Waals surface area contributed by atoms with Gasteiger partial charge in [0.05, 0.1) is 10.6 Å². The molecule has 1 aliphatic heterocycles. The van der Waals surface area contributed by atoms with Crippen molar-refractivity contribution in [2.75, 3.05) is 12.3 Å². The van der Waals surface area contributed by atoms with Crippen molar-refractivity contribution in [2.24, 2.45) is 0 Å². The van der Waals surface area contributed by atoms with Crippen LogP contribution in [-0.2, 0) is 4.74 Å². The van der Waals surface area contributed by atoms with Crippen LogP contribution in [0.2, 0.25) is 5.02 Å². The zero-order valence-electron chi connectivity index (χ0n) is 11.7. The Morgan fingerprint density at radius 1 is 1.25 bits per heavy atom. The van der Waals surface area contributed by atoms with Gasteiger partial charge in [-0.15, -0.1) is 11.8 Å². The number of nitrogen functional groups attached to an aromatic ring is 1. The molecule has 0 aromatic heterocycles. The van der Waals surface area contributed by atoms with Crippen molar-refractivity contribution < 1.29 is 4.74 Å². The molecule has 1 heterocycles. The molecule has 1 saturated carbocycles. The predicted octanol–water partition coefficient (Wildman–Crippen LogP) is 4.90. The number of halogens is 1. The maximum absolute atomic E-state index is 6.29. The third kappa shape index (κ3) is 3.26. The van der Waals surface area contributed by atoms with Crippen molar-refractivity contribution in [3.63, 3.8) is 0 Å². The lowest BCUT2D eigenvalue weighted by Crippen LogP contribution is -2.42. The third-order valence-corrected chi connectivity index (χ3v) is 6.23. The second-order valence-corrected chi connectivity index (χ2v) is 7.76.